The van der Waals surface area contributed by atoms with Crippen LogP contribution in [0.25, 0.3) is 87.6 Å². The van der Waals surface area contributed by atoms with Crippen LogP contribution in [0.3, 0.4) is 0 Å². The second kappa shape index (κ2) is 18.1. The maximum Gasteiger partial charge on any atom is 0.0543 e. The fourth-order valence-electron chi connectivity index (χ4n) is 17.2. The molecule has 4 aliphatic carbocycles. The zero-order valence-corrected chi connectivity index (χ0v) is 50.5. The Morgan fingerprint density at radius 3 is 0.943 bits per heavy atom. The van der Waals surface area contributed by atoms with Gasteiger partial charge >= 0.3 is 0 Å². The third-order valence-corrected chi connectivity index (χ3v) is 21.7. The summed E-state index contributed by atoms with van der Waals surface area (Å²) >= 11 is 0. The van der Waals surface area contributed by atoms with Crippen molar-refractivity contribution in [2.24, 2.45) is 0 Å². The molecule has 4 aliphatic rings. The maximum absolute atomic E-state index is 2.62. The number of hydrogen-bond acceptors (Lipinski definition) is 2. The second-order valence-corrected chi connectivity index (χ2v) is 26.6. The van der Waals surface area contributed by atoms with Gasteiger partial charge in [-0.05, 0) is 182 Å². The van der Waals surface area contributed by atoms with E-state index >= 15 is 0 Å². The van der Waals surface area contributed by atoms with Crippen molar-refractivity contribution in [2.75, 3.05) is 9.80 Å². The number of hydrogen-bond donors (Lipinski definition) is 0. The van der Waals surface area contributed by atoms with Crippen molar-refractivity contribution >= 4 is 77.2 Å². The molecule has 0 saturated carbocycles. The van der Waals surface area contributed by atoms with Gasteiger partial charge in [-0.2, -0.15) is 0 Å². The lowest BCUT2D eigenvalue weighted by Crippen LogP contribution is -2.44. The molecular weight excluding hydrogens is 1060 g/mol. The van der Waals surface area contributed by atoms with Crippen molar-refractivity contribution in [1.29, 1.82) is 0 Å². The average molecular weight is 1130 g/mol. The fourth-order valence-corrected chi connectivity index (χ4v) is 17.2. The lowest BCUT2D eigenvalue weighted by atomic mass is 9.56. The van der Waals surface area contributed by atoms with Crippen LogP contribution < -0.4 is 9.80 Å². The lowest BCUT2D eigenvalue weighted by Gasteiger charge is -2.46. The van der Waals surface area contributed by atoms with Crippen LogP contribution in [0, 0.1) is 0 Å². The molecule has 0 fully saturated rings. The van der Waals surface area contributed by atoms with Gasteiger partial charge in [-0.25, -0.2) is 0 Å². The molecule has 18 rings (SSSR count). The molecule has 88 heavy (non-hydrogen) atoms. The van der Waals surface area contributed by atoms with Crippen LogP contribution in [0.2, 0.25) is 0 Å². The highest BCUT2D eigenvalue weighted by Gasteiger charge is 2.58. The van der Waals surface area contributed by atoms with Crippen molar-refractivity contribution in [1.82, 2.24) is 0 Å². The first-order chi connectivity index (χ1) is 42.9. The van der Waals surface area contributed by atoms with Gasteiger partial charge in [0.25, 0.3) is 0 Å². The first-order valence-electron chi connectivity index (χ1n) is 31.3. The summed E-state index contributed by atoms with van der Waals surface area (Å²) < 4.78 is 0. The normalized spacial score (nSPS) is 17.5. The minimum Gasteiger partial charge on any atom is -0.310 e. The Labute approximate surface area is 515 Å². The molecule has 14 aromatic carbocycles. The van der Waals surface area contributed by atoms with E-state index in [1.165, 1.54) is 132 Å². The van der Waals surface area contributed by atoms with Crippen LogP contribution >= 0.6 is 0 Å². The summed E-state index contributed by atoms with van der Waals surface area (Å²) in [5.74, 6) is 0. The van der Waals surface area contributed by atoms with E-state index in [1.54, 1.807) is 0 Å². The molecule has 0 spiro atoms. The number of rotatable bonds is 7. The minimum absolute atomic E-state index is 0.190. The molecule has 2 heteroatoms. The van der Waals surface area contributed by atoms with E-state index < -0.39 is 10.8 Å². The third-order valence-electron chi connectivity index (χ3n) is 21.7. The number of benzene rings is 14. The van der Waals surface area contributed by atoms with Crippen LogP contribution in [0.1, 0.15) is 86.1 Å². The smallest absolute Gasteiger partial charge is 0.0543 e. The first kappa shape index (κ1) is 51.0. The van der Waals surface area contributed by atoms with E-state index in [4.69, 9.17) is 0 Å². The third kappa shape index (κ3) is 6.73. The molecule has 0 aromatic heterocycles. The predicted molar refractivity (Wildman–Crippen MR) is 371 cm³/mol. The first-order valence-corrected chi connectivity index (χ1v) is 31.3. The van der Waals surface area contributed by atoms with Crippen LogP contribution in [0.5, 0.6) is 0 Å². The van der Waals surface area contributed by atoms with Gasteiger partial charge in [-0.15, -0.1) is 0 Å². The summed E-state index contributed by atoms with van der Waals surface area (Å²) in [5.41, 5.74) is 26.5. The Morgan fingerprint density at radius 1 is 0.216 bits per heavy atom. The van der Waals surface area contributed by atoms with Crippen LogP contribution in [-0.4, -0.2) is 0 Å². The summed E-state index contributed by atoms with van der Waals surface area (Å²) in [4.78, 5) is 5.17. The lowest BCUT2D eigenvalue weighted by molar-refractivity contribution is 0.376. The summed E-state index contributed by atoms with van der Waals surface area (Å²) in [7, 11) is 0. The van der Waals surface area contributed by atoms with Gasteiger partial charge in [0.15, 0.2) is 0 Å². The van der Waals surface area contributed by atoms with Crippen molar-refractivity contribution < 1.29 is 0 Å². The van der Waals surface area contributed by atoms with Gasteiger partial charge in [-0.3, -0.25) is 0 Å². The van der Waals surface area contributed by atoms with Gasteiger partial charge in [0.1, 0.15) is 0 Å². The topological polar surface area (TPSA) is 6.48 Å². The molecule has 2 nitrogen and oxygen atoms in total. The monoisotopic (exact) mass is 1120 g/mol. The zero-order chi connectivity index (χ0) is 59.0. The average Bonchev–Trinajstić information content (AvgIpc) is 1.50. The molecule has 0 radical (unpaired) electrons. The molecule has 0 amide bonds. The largest absolute Gasteiger partial charge is 0.310 e. The van der Waals surface area contributed by atoms with Crippen LogP contribution in [0.15, 0.2) is 279 Å². The molecule has 418 valence electrons. The Kier molecular flexibility index (Phi) is 10.5. The highest BCUT2D eigenvalue weighted by atomic mass is 15.2. The summed E-state index contributed by atoms with van der Waals surface area (Å²) in [6, 6.07) is 107. The van der Waals surface area contributed by atoms with Crippen molar-refractivity contribution in [3.8, 4) is 44.5 Å². The fraction of sp³-hybridized carbons (Fsp3) is 0.116. The van der Waals surface area contributed by atoms with Gasteiger partial charge < -0.3 is 9.80 Å². The highest BCUT2D eigenvalue weighted by molar-refractivity contribution is 6.14. The number of fused-ring (bicyclic) bond motifs is 18. The Bertz CT molecular complexity index is 5020. The predicted octanol–water partition coefficient (Wildman–Crippen LogP) is 23.1. The SMILES string of the molecule is CC1(C)c2ccccc2-c2ccc(N(c3ccc4ccccc4c3)c3cc4c(c5ccccc35)-c3ccccc3C4(C)C3(C)c4ccccc4-c4c3cc(N(c3ccc5c(c3)C(C)(C)c3ccccc3-5)c3ccc5ccccc5c3)c3ccccc43)cc21. The second-order valence-electron chi connectivity index (χ2n) is 26.6. The quantitative estimate of drug-likeness (QED) is 0.157. The Hall–Kier alpha value is -10.3. The van der Waals surface area contributed by atoms with Gasteiger partial charge in [-0.1, -0.05) is 260 Å². The van der Waals surface area contributed by atoms with E-state index in [-0.39, 0.29) is 10.8 Å². The zero-order valence-electron chi connectivity index (χ0n) is 50.5. The molecule has 0 saturated heterocycles. The minimum atomic E-state index is -0.618. The van der Waals surface area contributed by atoms with Gasteiger partial charge in [0, 0.05) is 55.2 Å². The van der Waals surface area contributed by atoms with E-state index in [2.05, 4.69) is 330 Å². The van der Waals surface area contributed by atoms with Crippen molar-refractivity contribution in [3.63, 3.8) is 0 Å². The number of nitrogens with zero attached hydrogens (tertiary/aromatic N) is 2. The standard InChI is InChI=1S/C86H64N2/c1-83(2)71-35-19-15-27-61(71)63-45-43-59(49-75(63)83)87(57-41-39-53-23-7-9-25-55(53)47-57)79-51-77-81(67-31-13-11-29-65(67)79)69-33-17-21-37-73(69)85(77,5)86(6)74-38-22-18-34-70(74)82-68-32-14-12-30-66(68)80(52-78(82)86)88(58-42-40-54-24-8-10-26-56(54)48-58)60-44-46-64-62-28-16-20-36-72(62)84(3,4)76(64)50-60/h7-52H,1-6H3. The maximum atomic E-state index is 2.62. The molecule has 0 heterocycles. The highest BCUT2D eigenvalue weighted by Crippen LogP contribution is 2.68. The van der Waals surface area contributed by atoms with Crippen molar-refractivity contribution in [2.45, 2.75) is 63.2 Å². The molecule has 0 aliphatic heterocycles. The van der Waals surface area contributed by atoms with E-state index in [0.717, 1.165) is 34.1 Å². The molecule has 2 atom stereocenters. The van der Waals surface area contributed by atoms with E-state index in [0.29, 0.717) is 0 Å². The van der Waals surface area contributed by atoms with E-state index in [9.17, 15) is 0 Å². The summed E-state index contributed by atoms with van der Waals surface area (Å²) in [6.45, 7) is 14.8. The molecule has 14 aromatic rings. The van der Waals surface area contributed by atoms with Gasteiger partial charge in [0.05, 0.1) is 11.4 Å². The Balaban J connectivity index is 0.916. The van der Waals surface area contributed by atoms with Gasteiger partial charge in [0.2, 0.25) is 0 Å². The molecular formula is C86H64N2. The summed E-state index contributed by atoms with van der Waals surface area (Å²) in [5, 5.41) is 9.81. The molecule has 0 N–H and O–H groups in total. The van der Waals surface area contributed by atoms with Crippen LogP contribution in [0.4, 0.5) is 34.1 Å². The van der Waals surface area contributed by atoms with E-state index in [1.807, 2.05) is 0 Å². The number of anilines is 6. The summed E-state index contributed by atoms with van der Waals surface area (Å²) in [6.07, 6.45) is 0. The molecule has 2 unspecified atom stereocenters. The Morgan fingerprint density at radius 2 is 0.523 bits per heavy atom. The van der Waals surface area contributed by atoms with Crippen LogP contribution in [-0.2, 0) is 21.7 Å². The molecule has 0 bridgehead atoms. The van der Waals surface area contributed by atoms with Crippen molar-refractivity contribution in [3.05, 3.63) is 324 Å².